The van der Waals surface area contributed by atoms with Crippen molar-refractivity contribution >= 4 is 45.9 Å². The van der Waals surface area contributed by atoms with Gasteiger partial charge in [0.2, 0.25) is 0 Å². The Labute approximate surface area is 598 Å². The molecule has 5 aromatic carbocycles. The van der Waals surface area contributed by atoms with Crippen molar-refractivity contribution in [2.24, 2.45) is 0 Å². The third-order valence-corrected chi connectivity index (χ3v) is 20.5. The van der Waals surface area contributed by atoms with Gasteiger partial charge in [0.1, 0.15) is 20.0 Å². The van der Waals surface area contributed by atoms with Gasteiger partial charge in [0.15, 0.2) is 23.0 Å². The molecule has 2 heterocycles. The van der Waals surface area contributed by atoms with Crippen LogP contribution in [0.2, 0.25) is 0 Å². The first kappa shape index (κ1) is 78.7. The highest BCUT2D eigenvalue weighted by Crippen LogP contribution is 2.39. The van der Waals surface area contributed by atoms with Gasteiger partial charge in [-0.2, -0.15) is 0 Å². The fraction of sp³-hybridized carbons (Fsp3) is 0.571. The summed E-state index contributed by atoms with van der Waals surface area (Å²) in [6.07, 6.45) is 51.3. The van der Waals surface area contributed by atoms with Crippen molar-refractivity contribution in [1.82, 2.24) is 20.4 Å². The molecule has 7 aromatic rings. The third-order valence-electron chi connectivity index (χ3n) is 18.4. The van der Waals surface area contributed by atoms with Crippen LogP contribution in [0.1, 0.15) is 305 Å². The lowest BCUT2D eigenvalue weighted by Gasteiger charge is -2.14. The van der Waals surface area contributed by atoms with Gasteiger partial charge < -0.3 is 29.6 Å². The molecule has 14 heteroatoms. The molecule has 0 aliphatic carbocycles. The number of anilines is 2. The number of unbranched alkanes of at least 4 members (excludes halogenated alkanes) is 36. The molecule has 2 amide bonds. The summed E-state index contributed by atoms with van der Waals surface area (Å²) in [6, 6.07) is 34.2. The van der Waals surface area contributed by atoms with E-state index in [4.69, 9.17) is 18.9 Å². The maximum absolute atomic E-state index is 13.5. The highest BCUT2D eigenvalue weighted by molar-refractivity contribution is 7.18. The number of carbonyl (C=O) groups excluding carboxylic acids is 2. The highest BCUT2D eigenvalue weighted by atomic mass is 32.1. The van der Waals surface area contributed by atoms with E-state index in [9.17, 15) is 9.59 Å². The Kier molecular flexibility index (Phi) is 39.3. The van der Waals surface area contributed by atoms with Crippen LogP contribution in [0, 0.1) is 0 Å². The minimum Gasteiger partial charge on any atom is -0.490 e. The maximum Gasteiger partial charge on any atom is 0.255 e. The zero-order chi connectivity index (χ0) is 68.7. The second kappa shape index (κ2) is 49.0. The van der Waals surface area contributed by atoms with E-state index in [1.807, 2.05) is 60.7 Å². The number of benzene rings is 5. The molecule has 0 unspecified atom stereocenters. The predicted molar refractivity (Wildman–Crippen MR) is 413 cm³/mol. The van der Waals surface area contributed by atoms with Crippen molar-refractivity contribution in [3.05, 3.63) is 120 Å². The van der Waals surface area contributed by atoms with Gasteiger partial charge in [0.05, 0.1) is 26.4 Å². The van der Waals surface area contributed by atoms with Crippen molar-refractivity contribution in [3.63, 3.8) is 0 Å². The van der Waals surface area contributed by atoms with Crippen molar-refractivity contribution in [3.8, 4) is 65.3 Å². The van der Waals surface area contributed by atoms with Crippen LogP contribution in [-0.4, -0.2) is 58.6 Å². The van der Waals surface area contributed by atoms with E-state index in [0.29, 0.717) is 48.9 Å². The number of nitrogens with zero attached hydrogens (tertiary/aromatic N) is 4. The lowest BCUT2D eigenvalue weighted by molar-refractivity contribution is 0.101. The zero-order valence-electron chi connectivity index (χ0n) is 60.6. The van der Waals surface area contributed by atoms with E-state index in [1.54, 1.807) is 24.3 Å². The summed E-state index contributed by atoms with van der Waals surface area (Å²) in [5, 5.41) is 27.5. The van der Waals surface area contributed by atoms with Crippen LogP contribution in [0.25, 0.3) is 42.3 Å². The molecule has 98 heavy (non-hydrogen) atoms. The molecule has 12 nitrogen and oxygen atoms in total. The largest absolute Gasteiger partial charge is 0.490 e. The number of amides is 2. The van der Waals surface area contributed by atoms with Gasteiger partial charge in [-0.15, -0.1) is 20.4 Å². The Morgan fingerprint density at radius 2 is 0.500 bits per heavy atom. The minimum atomic E-state index is -0.283. The monoisotopic (exact) mass is 1370 g/mol. The summed E-state index contributed by atoms with van der Waals surface area (Å²) in [4.78, 5) is 27.0. The summed E-state index contributed by atoms with van der Waals surface area (Å²) in [5.41, 5.74) is 5.80. The molecular formula is C84H120N6O6S2. The molecule has 0 atom stereocenters. The molecular weight excluding hydrogens is 1250 g/mol. The summed E-state index contributed by atoms with van der Waals surface area (Å²) in [7, 11) is 0. The first-order valence-corrected chi connectivity index (χ1v) is 40.4. The Morgan fingerprint density at radius 1 is 0.276 bits per heavy atom. The highest BCUT2D eigenvalue weighted by Gasteiger charge is 2.18. The smallest absolute Gasteiger partial charge is 0.255 e. The van der Waals surface area contributed by atoms with Gasteiger partial charge in [0.25, 0.3) is 11.8 Å². The quantitative estimate of drug-likeness (QED) is 0.0353. The number of nitrogens with one attached hydrogen (secondary N) is 2. The molecule has 2 aromatic heterocycles. The van der Waals surface area contributed by atoms with Crippen molar-refractivity contribution in [2.75, 3.05) is 37.1 Å². The molecule has 0 saturated carbocycles. The molecule has 534 valence electrons. The number of carbonyl (C=O) groups is 2. The van der Waals surface area contributed by atoms with Crippen molar-refractivity contribution < 1.29 is 28.5 Å². The normalized spacial score (nSPS) is 11.3. The Bertz CT molecular complexity index is 3020. The molecule has 0 radical (unpaired) electrons. The Hall–Kier alpha value is -6.64. The van der Waals surface area contributed by atoms with Gasteiger partial charge in [-0.05, 0) is 135 Å². The molecule has 0 aliphatic rings. The fourth-order valence-corrected chi connectivity index (χ4v) is 14.0. The van der Waals surface area contributed by atoms with E-state index < -0.39 is 0 Å². The Balaban J connectivity index is 0.869. The molecule has 2 N–H and O–H groups in total. The summed E-state index contributed by atoms with van der Waals surface area (Å²) in [5.74, 6) is 2.52. The van der Waals surface area contributed by atoms with E-state index in [0.717, 1.165) is 104 Å². The molecule has 0 spiro atoms. The zero-order valence-corrected chi connectivity index (χ0v) is 62.2. The second-order valence-corrected chi connectivity index (χ2v) is 28.9. The second-order valence-electron chi connectivity index (χ2n) is 26.9. The average Bonchev–Trinajstić information content (AvgIpc) is 1.63. The van der Waals surface area contributed by atoms with Gasteiger partial charge in [-0.1, -0.05) is 282 Å². The average molecular weight is 1370 g/mol. The van der Waals surface area contributed by atoms with Crippen LogP contribution >= 0.6 is 22.7 Å². The van der Waals surface area contributed by atoms with E-state index in [2.05, 4.69) is 83.0 Å². The van der Waals surface area contributed by atoms with Gasteiger partial charge >= 0.3 is 0 Å². The number of hydrogen-bond donors (Lipinski definition) is 2. The number of hydrogen-bond acceptors (Lipinski definition) is 12. The number of rotatable bonds is 56. The van der Waals surface area contributed by atoms with E-state index in [-0.39, 0.29) is 11.8 Å². The standard InChI is InChI=1S/C84H120N6O6S2/c1-5-9-13-17-21-25-29-33-37-41-61-93-75-59-53-71(65-77(75)95-63-43-39-35-31-27-23-19-15-11-7-3)83-89-87-81(97-83)69-49-55-73(56-50-69)85-79(91)67-45-47-68(48-46-67)80(92)86-74-57-51-70(52-58-74)82-88-90-84(98-82)72-54-60-76(94-62-42-38-34-30-26-22-18-14-10-6-2)78(66-72)96-64-44-40-36-32-28-24-20-16-12-8-4/h45-60,65-66H,5-44,61-64H2,1-4H3,(H,85,91)(H,86,92). The van der Waals surface area contributed by atoms with Crippen LogP contribution in [-0.2, 0) is 0 Å². The lowest BCUT2D eigenvalue weighted by Crippen LogP contribution is -2.14. The molecule has 0 aliphatic heterocycles. The van der Waals surface area contributed by atoms with Crippen LogP contribution < -0.4 is 29.6 Å². The lowest BCUT2D eigenvalue weighted by atomic mass is 10.1. The first-order chi connectivity index (χ1) is 48.3. The van der Waals surface area contributed by atoms with Crippen molar-refractivity contribution in [2.45, 2.75) is 285 Å². The van der Waals surface area contributed by atoms with Crippen molar-refractivity contribution in [1.29, 1.82) is 0 Å². The first-order valence-electron chi connectivity index (χ1n) is 38.8. The minimum absolute atomic E-state index is 0.283. The van der Waals surface area contributed by atoms with Crippen LogP contribution in [0.5, 0.6) is 23.0 Å². The number of aromatic nitrogens is 4. The molecule has 0 saturated heterocycles. The van der Waals surface area contributed by atoms with E-state index >= 15 is 0 Å². The molecule has 7 rings (SSSR count). The molecule has 0 bridgehead atoms. The fourth-order valence-electron chi connectivity index (χ4n) is 12.3. The third kappa shape index (κ3) is 30.5. The van der Waals surface area contributed by atoms with Crippen LogP contribution in [0.3, 0.4) is 0 Å². The maximum atomic E-state index is 13.5. The summed E-state index contributed by atoms with van der Waals surface area (Å²) >= 11 is 3.03. The van der Waals surface area contributed by atoms with Crippen LogP contribution in [0.15, 0.2) is 109 Å². The number of ether oxygens (including phenoxy) is 4. The van der Waals surface area contributed by atoms with Gasteiger partial charge in [0, 0.05) is 44.8 Å². The summed E-state index contributed by atoms with van der Waals surface area (Å²) in [6.45, 7) is 11.7. The molecule has 0 fully saturated rings. The van der Waals surface area contributed by atoms with E-state index in [1.165, 1.54) is 241 Å². The SMILES string of the molecule is CCCCCCCCCCCCOc1ccc(-c2nnc(-c3ccc(NC(=O)c4ccc(C(=O)Nc5ccc(-c6nnc(-c7ccc(OCCCCCCCCCCCC)c(OCCCCCCCCCCCC)c7)s6)cc5)cc4)cc3)s2)cc1OCCCCCCCCCCCC. The van der Waals surface area contributed by atoms with Crippen LogP contribution in [0.4, 0.5) is 11.4 Å². The van der Waals surface area contributed by atoms with Gasteiger partial charge in [-0.25, -0.2) is 0 Å². The van der Waals surface area contributed by atoms with Gasteiger partial charge in [-0.3, -0.25) is 9.59 Å². The Morgan fingerprint density at radius 3 is 0.765 bits per heavy atom. The topological polar surface area (TPSA) is 147 Å². The predicted octanol–water partition coefficient (Wildman–Crippen LogP) is 25.8. The summed E-state index contributed by atoms with van der Waals surface area (Å²) < 4.78 is 25.7.